The number of carbonyl (C=O) groups is 3. The van der Waals surface area contributed by atoms with Crippen molar-refractivity contribution in [3.05, 3.63) is 52.3 Å². The zero-order valence-electron chi connectivity index (χ0n) is 22.9. The van der Waals surface area contributed by atoms with Crippen LogP contribution >= 0.6 is 0 Å². The van der Waals surface area contributed by atoms with Gasteiger partial charge in [-0.2, -0.15) is 5.10 Å². The number of ether oxygens (including phenoxy) is 3. The van der Waals surface area contributed by atoms with E-state index in [0.29, 0.717) is 75.8 Å². The Morgan fingerprint density at radius 1 is 1.08 bits per heavy atom. The lowest BCUT2D eigenvalue weighted by Gasteiger charge is -2.36. The van der Waals surface area contributed by atoms with Gasteiger partial charge in [0.2, 0.25) is 0 Å². The maximum atomic E-state index is 13.0. The van der Waals surface area contributed by atoms with E-state index in [1.54, 1.807) is 33.8 Å². The normalized spacial score (nSPS) is 19.6. The Balaban J connectivity index is 1.22. The van der Waals surface area contributed by atoms with Gasteiger partial charge in [-0.1, -0.05) is 6.92 Å². The predicted octanol–water partition coefficient (Wildman–Crippen LogP) is 2.49. The average molecular weight is 539 g/mol. The molecule has 210 valence electrons. The number of nitrogens with one attached hydrogen (secondary N) is 1. The third-order valence-corrected chi connectivity index (χ3v) is 8.08. The van der Waals surface area contributed by atoms with Gasteiger partial charge in [-0.25, -0.2) is 4.79 Å². The minimum absolute atomic E-state index is 0.0115. The van der Waals surface area contributed by atoms with Gasteiger partial charge in [-0.15, -0.1) is 0 Å². The SMILES string of the molecule is CCn1nc(CC(C)COC(=O)c2ccc(C(=O)N3CCOCC3)cc2)c2c1C(=O)NCC1(CCOCC1)C2. The van der Waals surface area contributed by atoms with Crippen LogP contribution in [0.3, 0.4) is 0 Å². The van der Waals surface area contributed by atoms with E-state index in [-0.39, 0.29) is 29.8 Å². The molecule has 0 bridgehead atoms. The molecule has 0 radical (unpaired) electrons. The summed E-state index contributed by atoms with van der Waals surface area (Å²) in [7, 11) is 0. The molecule has 3 aliphatic heterocycles. The number of rotatable bonds is 7. The maximum Gasteiger partial charge on any atom is 0.338 e. The lowest BCUT2D eigenvalue weighted by Crippen LogP contribution is -2.40. The van der Waals surface area contributed by atoms with Crippen molar-refractivity contribution in [1.29, 1.82) is 0 Å². The van der Waals surface area contributed by atoms with Crippen LogP contribution in [0.25, 0.3) is 0 Å². The van der Waals surface area contributed by atoms with Crippen LogP contribution in [-0.2, 0) is 33.6 Å². The number of nitrogens with zero attached hydrogens (tertiary/aromatic N) is 3. The molecule has 2 fully saturated rings. The Morgan fingerprint density at radius 3 is 2.44 bits per heavy atom. The summed E-state index contributed by atoms with van der Waals surface area (Å²) in [5.74, 6) is -0.541. The fourth-order valence-electron chi connectivity index (χ4n) is 5.72. The average Bonchev–Trinajstić information content (AvgIpc) is 3.24. The summed E-state index contributed by atoms with van der Waals surface area (Å²) in [6.45, 7) is 9.13. The molecular weight excluding hydrogens is 500 g/mol. The third kappa shape index (κ3) is 6.01. The van der Waals surface area contributed by atoms with Gasteiger partial charge in [0.1, 0.15) is 5.69 Å². The van der Waals surface area contributed by atoms with Crippen molar-refractivity contribution in [2.75, 3.05) is 52.7 Å². The van der Waals surface area contributed by atoms with Crippen molar-refractivity contribution in [2.45, 2.75) is 46.1 Å². The van der Waals surface area contributed by atoms with E-state index in [4.69, 9.17) is 19.3 Å². The number of amides is 2. The third-order valence-electron chi connectivity index (χ3n) is 8.08. The molecule has 10 nitrogen and oxygen atoms in total. The van der Waals surface area contributed by atoms with E-state index in [0.717, 1.165) is 30.5 Å². The lowest BCUT2D eigenvalue weighted by molar-refractivity contribution is 0.0160. The van der Waals surface area contributed by atoms with Crippen LogP contribution in [0.15, 0.2) is 24.3 Å². The molecule has 5 rings (SSSR count). The Bertz CT molecular complexity index is 1200. The van der Waals surface area contributed by atoms with Crippen LogP contribution in [0.4, 0.5) is 0 Å². The minimum Gasteiger partial charge on any atom is -0.462 e. The van der Waals surface area contributed by atoms with Crippen LogP contribution in [0, 0.1) is 11.3 Å². The second-order valence-electron chi connectivity index (χ2n) is 11.0. The highest BCUT2D eigenvalue weighted by Gasteiger charge is 2.39. The summed E-state index contributed by atoms with van der Waals surface area (Å²) < 4.78 is 18.3. The second-order valence-corrected chi connectivity index (χ2v) is 11.0. The molecule has 39 heavy (non-hydrogen) atoms. The van der Waals surface area contributed by atoms with E-state index < -0.39 is 5.97 Å². The summed E-state index contributed by atoms with van der Waals surface area (Å²) >= 11 is 0. The molecule has 1 aromatic carbocycles. The number of aromatic nitrogens is 2. The van der Waals surface area contributed by atoms with Crippen LogP contribution in [-0.4, -0.2) is 85.1 Å². The minimum atomic E-state index is -0.425. The first-order chi connectivity index (χ1) is 18.9. The number of benzene rings is 1. The first-order valence-corrected chi connectivity index (χ1v) is 14.0. The molecule has 0 aliphatic carbocycles. The van der Waals surface area contributed by atoms with Gasteiger partial charge in [0.25, 0.3) is 11.8 Å². The predicted molar refractivity (Wildman–Crippen MR) is 143 cm³/mol. The molecular formula is C29H38N4O6. The molecule has 2 amide bonds. The molecule has 1 aromatic heterocycles. The molecule has 1 atom stereocenters. The molecule has 10 heteroatoms. The summed E-state index contributed by atoms with van der Waals surface area (Å²) in [4.78, 5) is 40.2. The summed E-state index contributed by atoms with van der Waals surface area (Å²) in [5.41, 5.74) is 3.52. The molecule has 0 saturated carbocycles. The molecule has 1 N–H and O–H groups in total. The fourth-order valence-corrected chi connectivity index (χ4v) is 5.72. The van der Waals surface area contributed by atoms with E-state index >= 15 is 0 Å². The van der Waals surface area contributed by atoms with E-state index in [1.807, 2.05) is 13.8 Å². The first-order valence-electron chi connectivity index (χ1n) is 14.0. The van der Waals surface area contributed by atoms with Crippen LogP contribution < -0.4 is 5.32 Å². The van der Waals surface area contributed by atoms with Gasteiger partial charge >= 0.3 is 5.97 Å². The van der Waals surface area contributed by atoms with Gasteiger partial charge in [-0.05, 0) is 68.2 Å². The number of fused-ring (bicyclic) bond motifs is 1. The van der Waals surface area contributed by atoms with Gasteiger partial charge in [0.15, 0.2) is 0 Å². The van der Waals surface area contributed by atoms with Gasteiger partial charge in [0.05, 0.1) is 31.1 Å². The summed E-state index contributed by atoms with van der Waals surface area (Å²) in [6.07, 6.45) is 3.22. The molecule has 1 spiro atoms. The second kappa shape index (κ2) is 11.9. The Morgan fingerprint density at radius 2 is 1.74 bits per heavy atom. The van der Waals surface area contributed by atoms with E-state index in [2.05, 4.69) is 5.32 Å². The Kier molecular flexibility index (Phi) is 8.32. The van der Waals surface area contributed by atoms with Crippen molar-refractivity contribution in [2.24, 2.45) is 11.3 Å². The fraction of sp³-hybridized carbons (Fsp3) is 0.586. The first kappa shape index (κ1) is 27.3. The maximum absolute atomic E-state index is 13.0. The number of aryl methyl sites for hydroxylation is 1. The van der Waals surface area contributed by atoms with Crippen molar-refractivity contribution >= 4 is 17.8 Å². The van der Waals surface area contributed by atoms with Gasteiger partial charge in [-0.3, -0.25) is 14.3 Å². The highest BCUT2D eigenvalue weighted by Crippen LogP contribution is 2.38. The number of morpholine rings is 1. The molecule has 2 aromatic rings. The van der Waals surface area contributed by atoms with Crippen molar-refractivity contribution < 1.29 is 28.6 Å². The standard InChI is InChI=1S/C29H38N4O6/c1-3-33-25-23(17-29(19-30-26(25)34)8-12-37-13-9-29)24(31-33)16-20(2)18-39-28(36)22-6-4-21(5-7-22)27(35)32-10-14-38-15-11-32/h4-7,20H,3,8-19H2,1-2H3,(H,30,34). The van der Waals surface area contributed by atoms with Crippen molar-refractivity contribution in [1.82, 2.24) is 20.0 Å². The Labute approximate surface area is 229 Å². The highest BCUT2D eigenvalue weighted by atomic mass is 16.5. The summed E-state index contributed by atoms with van der Waals surface area (Å²) in [5, 5.41) is 7.95. The lowest BCUT2D eigenvalue weighted by atomic mass is 9.75. The van der Waals surface area contributed by atoms with E-state index in [1.165, 1.54) is 0 Å². The molecule has 3 aliphatic rings. The number of hydrogen-bond acceptors (Lipinski definition) is 7. The molecule has 2 saturated heterocycles. The zero-order valence-corrected chi connectivity index (χ0v) is 22.9. The van der Waals surface area contributed by atoms with Crippen molar-refractivity contribution in [3.8, 4) is 0 Å². The molecule has 4 heterocycles. The van der Waals surface area contributed by atoms with Crippen LogP contribution in [0.1, 0.15) is 69.2 Å². The monoisotopic (exact) mass is 538 g/mol. The topological polar surface area (TPSA) is 112 Å². The quantitative estimate of drug-likeness (QED) is 0.539. The largest absolute Gasteiger partial charge is 0.462 e. The van der Waals surface area contributed by atoms with Crippen LogP contribution in [0.2, 0.25) is 0 Å². The zero-order chi connectivity index (χ0) is 27.4. The smallest absolute Gasteiger partial charge is 0.338 e. The summed E-state index contributed by atoms with van der Waals surface area (Å²) in [6, 6.07) is 6.61. The number of hydrogen-bond donors (Lipinski definition) is 1. The highest BCUT2D eigenvalue weighted by molar-refractivity contribution is 5.96. The van der Waals surface area contributed by atoms with Gasteiger partial charge in [0, 0.05) is 50.5 Å². The van der Waals surface area contributed by atoms with Crippen molar-refractivity contribution in [3.63, 3.8) is 0 Å². The Hall–Kier alpha value is -3.24. The number of carbonyl (C=O) groups excluding carboxylic acids is 3. The molecule has 1 unspecified atom stereocenters. The van der Waals surface area contributed by atoms with Crippen LogP contribution in [0.5, 0.6) is 0 Å². The number of esters is 1. The van der Waals surface area contributed by atoms with Gasteiger partial charge < -0.3 is 24.4 Å². The van der Waals surface area contributed by atoms with E-state index in [9.17, 15) is 14.4 Å².